The summed E-state index contributed by atoms with van der Waals surface area (Å²) in [5.74, 6) is -1.99. The zero-order chi connectivity index (χ0) is 23.6. The van der Waals surface area contributed by atoms with Gasteiger partial charge in [-0.05, 0) is 22.3 Å². The molecule has 9 heteroatoms. The zero-order valence-electron chi connectivity index (χ0n) is 18.2. The van der Waals surface area contributed by atoms with Gasteiger partial charge >= 0.3 is 12.1 Å². The molecule has 0 spiro atoms. The summed E-state index contributed by atoms with van der Waals surface area (Å²) < 4.78 is 10.5. The van der Waals surface area contributed by atoms with E-state index in [2.05, 4.69) is 5.32 Å². The van der Waals surface area contributed by atoms with Crippen LogP contribution in [0, 0.1) is 0 Å². The lowest BCUT2D eigenvalue weighted by molar-refractivity contribution is -0.182. The maximum atomic E-state index is 12.8. The molecule has 2 aromatic rings. The van der Waals surface area contributed by atoms with Crippen molar-refractivity contribution in [3.05, 3.63) is 59.7 Å². The van der Waals surface area contributed by atoms with Crippen LogP contribution in [0.2, 0.25) is 0 Å². The summed E-state index contributed by atoms with van der Waals surface area (Å²) >= 11 is 0. The van der Waals surface area contributed by atoms with Crippen molar-refractivity contribution in [1.82, 2.24) is 10.2 Å². The molecule has 174 valence electrons. The fourth-order valence-corrected chi connectivity index (χ4v) is 4.37. The van der Waals surface area contributed by atoms with Crippen molar-refractivity contribution in [3.63, 3.8) is 0 Å². The van der Waals surface area contributed by atoms with Crippen LogP contribution in [0.1, 0.15) is 23.5 Å². The number of aliphatic carboxylic acids is 1. The number of carbonyl (C=O) groups excluding carboxylic acids is 2. The molecule has 1 atom stereocenters. The molecule has 4 rings (SSSR count). The van der Waals surface area contributed by atoms with Gasteiger partial charge in [0.15, 0.2) is 5.60 Å². The Kier molecular flexibility index (Phi) is 6.35. The lowest BCUT2D eigenvalue weighted by atomic mass is 9.93. The van der Waals surface area contributed by atoms with Gasteiger partial charge in [0, 0.05) is 26.1 Å². The third kappa shape index (κ3) is 4.42. The van der Waals surface area contributed by atoms with Crippen LogP contribution in [-0.4, -0.2) is 78.1 Å². The smallest absolute Gasteiger partial charge is 0.407 e. The number of carboxylic acid groups (broad SMARTS) is 1. The second-order valence-corrected chi connectivity index (χ2v) is 8.33. The minimum Gasteiger partial charge on any atom is -0.479 e. The number of aliphatic hydroxyl groups is 1. The molecule has 2 amide bonds. The van der Waals surface area contributed by atoms with Gasteiger partial charge in [-0.15, -0.1) is 0 Å². The maximum absolute atomic E-state index is 12.8. The fourth-order valence-electron chi connectivity index (χ4n) is 4.37. The molecular weight excluding hydrogens is 428 g/mol. The van der Waals surface area contributed by atoms with E-state index < -0.39 is 29.6 Å². The first-order valence-electron chi connectivity index (χ1n) is 10.7. The molecular formula is C24H26N2O7. The molecule has 0 saturated carbocycles. The van der Waals surface area contributed by atoms with E-state index in [1.165, 1.54) is 12.0 Å². The number of likely N-dealkylation sites (tertiary alicyclic amines) is 1. The number of β-amino-alcohol motifs (C(OH)–C–C–N with tert-alkyl or cyclic N) is 1. The Morgan fingerprint density at radius 1 is 1.09 bits per heavy atom. The summed E-state index contributed by atoms with van der Waals surface area (Å²) in [6, 6.07) is 15.0. The molecule has 0 radical (unpaired) electrons. The first-order valence-corrected chi connectivity index (χ1v) is 10.7. The van der Waals surface area contributed by atoms with Crippen LogP contribution in [0.4, 0.5) is 4.79 Å². The normalized spacial score (nSPS) is 16.8. The van der Waals surface area contributed by atoms with Crippen molar-refractivity contribution in [1.29, 1.82) is 0 Å². The molecule has 1 heterocycles. The number of fused-ring (bicyclic) bond motifs is 3. The number of amides is 2. The summed E-state index contributed by atoms with van der Waals surface area (Å²) in [5, 5.41) is 21.5. The van der Waals surface area contributed by atoms with Crippen molar-refractivity contribution in [2.75, 3.05) is 33.4 Å². The number of hydrogen-bond donors (Lipinski definition) is 3. The van der Waals surface area contributed by atoms with Crippen LogP contribution in [0.15, 0.2) is 48.5 Å². The molecule has 1 aliphatic heterocycles. The number of carbonyl (C=O) groups is 3. The summed E-state index contributed by atoms with van der Waals surface area (Å²) in [4.78, 5) is 37.6. The standard InChI is InChI=1S/C24H26N2O7/c1-32-11-10-20(21(27)26-13-24(31,14-26)22(28)29)25-23(30)33-12-19-17-8-4-2-6-15(17)16-7-3-5-9-18(16)19/h2-9,19-20,31H,10-14H2,1H3,(H,25,30)(H,28,29). The highest BCUT2D eigenvalue weighted by Gasteiger charge is 2.51. The molecule has 2 aromatic carbocycles. The van der Waals surface area contributed by atoms with Crippen LogP contribution in [-0.2, 0) is 19.1 Å². The summed E-state index contributed by atoms with van der Waals surface area (Å²) in [7, 11) is 1.47. The van der Waals surface area contributed by atoms with Crippen molar-refractivity contribution in [2.24, 2.45) is 0 Å². The van der Waals surface area contributed by atoms with E-state index >= 15 is 0 Å². The fraction of sp³-hybridized carbons (Fsp3) is 0.375. The molecule has 3 N–H and O–H groups in total. The van der Waals surface area contributed by atoms with Crippen molar-refractivity contribution < 1.29 is 34.1 Å². The molecule has 0 aromatic heterocycles. The highest BCUT2D eigenvalue weighted by atomic mass is 16.5. The lowest BCUT2D eigenvalue weighted by Gasteiger charge is -2.44. The second kappa shape index (κ2) is 9.21. The molecule has 33 heavy (non-hydrogen) atoms. The number of ether oxygens (including phenoxy) is 2. The lowest BCUT2D eigenvalue weighted by Crippen LogP contribution is -2.69. The van der Waals surface area contributed by atoms with Gasteiger partial charge in [-0.25, -0.2) is 9.59 Å². The summed E-state index contributed by atoms with van der Waals surface area (Å²) in [5.41, 5.74) is 2.42. The van der Waals surface area contributed by atoms with Gasteiger partial charge in [0.25, 0.3) is 0 Å². The van der Waals surface area contributed by atoms with E-state index in [4.69, 9.17) is 14.6 Å². The van der Waals surface area contributed by atoms with Crippen molar-refractivity contribution in [2.45, 2.75) is 24.0 Å². The number of nitrogens with one attached hydrogen (secondary N) is 1. The quantitative estimate of drug-likeness (QED) is 0.553. The first-order chi connectivity index (χ1) is 15.8. The highest BCUT2D eigenvalue weighted by molar-refractivity contribution is 5.89. The van der Waals surface area contributed by atoms with Crippen LogP contribution >= 0.6 is 0 Å². The van der Waals surface area contributed by atoms with Gasteiger partial charge in [-0.2, -0.15) is 0 Å². The number of alkyl carbamates (subject to hydrolysis) is 1. The molecule has 1 aliphatic carbocycles. The van der Waals surface area contributed by atoms with Gasteiger partial charge in [0.1, 0.15) is 12.6 Å². The minimum absolute atomic E-state index is 0.105. The molecule has 1 saturated heterocycles. The van der Waals surface area contributed by atoms with Crippen LogP contribution in [0.5, 0.6) is 0 Å². The van der Waals surface area contributed by atoms with E-state index in [0.29, 0.717) is 0 Å². The number of rotatable bonds is 8. The number of nitrogens with zero attached hydrogens (tertiary/aromatic N) is 1. The largest absolute Gasteiger partial charge is 0.479 e. The monoisotopic (exact) mass is 454 g/mol. The van der Waals surface area contributed by atoms with Crippen LogP contribution in [0.3, 0.4) is 0 Å². The second-order valence-electron chi connectivity index (χ2n) is 8.33. The van der Waals surface area contributed by atoms with Gasteiger partial charge in [0.05, 0.1) is 13.1 Å². The third-order valence-electron chi connectivity index (χ3n) is 6.16. The Labute approximate surface area is 190 Å². The summed E-state index contributed by atoms with van der Waals surface area (Å²) in [6.45, 7) is -0.362. The molecule has 1 unspecified atom stereocenters. The van der Waals surface area contributed by atoms with Crippen molar-refractivity contribution >= 4 is 18.0 Å². The van der Waals surface area contributed by atoms with E-state index in [1.807, 2.05) is 48.5 Å². The SMILES string of the molecule is COCCC(NC(=O)OCC1c2ccccc2-c2ccccc21)C(=O)N1CC(O)(C(=O)O)C1. The maximum Gasteiger partial charge on any atom is 0.407 e. The van der Waals surface area contributed by atoms with E-state index in [1.54, 1.807) is 0 Å². The molecule has 9 nitrogen and oxygen atoms in total. The van der Waals surface area contributed by atoms with E-state index in [0.717, 1.165) is 22.3 Å². The Morgan fingerprint density at radius 3 is 2.21 bits per heavy atom. The number of benzene rings is 2. The average Bonchev–Trinajstić information content (AvgIpc) is 3.11. The van der Waals surface area contributed by atoms with Gasteiger partial charge in [-0.1, -0.05) is 48.5 Å². The predicted octanol–water partition coefficient (Wildman–Crippen LogP) is 1.59. The van der Waals surface area contributed by atoms with Gasteiger partial charge in [0.2, 0.25) is 5.91 Å². The first kappa shape index (κ1) is 22.8. The van der Waals surface area contributed by atoms with Gasteiger partial charge < -0.3 is 29.9 Å². The number of hydrogen-bond acceptors (Lipinski definition) is 6. The Balaban J connectivity index is 1.39. The van der Waals surface area contributed by atoms with Crippen molar-refractivity contribution in [3.8, 4) is 11.1 Å². The third-order valence-corrected chi connectivity index (χ3v) is 6.16. The zero-order valence-corrected chi connectivity index (χ0v) is 18.2. The topological polar surface area (TPSA) is 125 Å². The Bertz CT molecular complexity index is 1020. The highest BCUT2D eigenvalue weighted by Crippen LogP contribution is 2.44. The van der Waals surface area contributed by atoms with Gasteiger partial charge in [-0.3, -0.25) is 4.79 Å². The van der Waals surface area contributed by atoms with E-state index in [9.17, 15) is 19.5 Å². The Hall–Kier alpha value is -3.43. The van der Waals surface area contributed by atoms with Crippen LogP contribution < -0.4 is 5.32 Å². The molecule has 1 fully saturated rings. The summed E-state index contributed by atoms with van der Waals surface area (Å²) in [6.07, 6.45) is -0.568. The number of carboxylic acids is 1. The predicted molar refractivity (Wildman–Crippen MR) is 118 cm³/mol. The van der Waals surface area contributed by atoms with E-state index in [-0.39, 0.29) is 38.6 Å². The molecule has 0 bridgehead atoms. The average molecular weight is 454 g/mol. The van der Waals surface area contributed by atoms with Crippen LogP contribution in [0.25, 0.3) is 11.1 Å². The molecule has 2 aliphatic rings. The Morgan fingerprint density at radius 2 is 1.67 bits per heavy atom. The number of methoxy groups -OCH3 is 1. The minimum atomic E-state index is -1.95.